The normalized spacial score (nSPS) is 16.4. The van der Waals surface area contributed by atoms with Gasteiger partial charge in [0, 0.05) is 25.1 Å². The van der Waals surface area contributed by atoms with Crippen LogP contribution in [0.15, 0.2) is 83.3 Å². The van der Waals surface area contributed by atoms with Crippen molar-refractivity contribution in [3.05, 3.63) is 101 Å². The largest absolute Gasteiger partial charge is 0.440 e. The number of fused-ring (bicyclic) bond motifs is 1. The smallest absolute Gasteiger partial charge is 0.254 e. The van der Waals surface area contributed by atoms with E-state index in [0.29, 0.717) is 36.6 Å². The number of aromatic nitrogens is 1. The molecule has 1 aromatic heterocycles. The molecule has 3 aromatic carbocycles. The molecule has 5 nitrogen and oxygen atoms in total. The molecule has 0 bridgehead atoms. The minimum Gasteiger partial charge on any atom is -0.440 e. The van der Waals surface area contributed by atoms with E-state index in [1.165, 1.54) is 0 Å². The average molecular weight is 427 g/mol. The maximum atomic E-state index is 13.2. The number of rotatable bonds is 6. The Morgan fingerprint density at radius 1 is 1.00 bits per heavy atom. The molecule has 0 aliphatic carbocycles. The second-order valence-corrected chi connectivity index (χ2v) is 8.26. The molecule has 162 valence electrons. The Morgan fingerprint density at radius 2 is 1.75 bits per heavy atom. The lowest BCUT2D eigenvalue weighted by Gasteiger charge is -2.32. The fraction of sp³-hybridized carbons (Fsp3) is 0.259. The number of ether oxygens (including phenoxy) is 1. The van der Waals surface area contributed by atoms with Crippen molar-refractivity contribution in [3.63, 3.8) is 0 Å². The van der Waals surface area contributed by atoms with Crippen LogP contribution >= 0.6 is 0 Å². The van der Waals surface area contributed by atoms with E-state index in [-0.39, 0.29) is 12.0 Å². The summed E-state index contributed by atoms with van der Waals surface area (Å²) in [6.07, 6.45) is 2.60. The second-order valence-electron chi connectivity index (χ2n) is 8.26. The van der Waals surface area contributed by atoms with Crippen molar-refractivity contribution in [2.24, 2.45) is 0 Å². The minimum absolute atomic E-state index is 0.0209. The van der Waals surface area contributed by atoms with Crippen molar-refractivity contribution in [1.82, 2.24) is 9.88 Å². The first-order valence-corrected chi connectivity index (χ1v) is 11.1. The molecule has 0 N–H and O–H groups in total. The predicted molar refractivity (Wildman–Crippen MR) is 123 cm³/mol. The van der Waals surface area contributed by atoms with Gasteiger partial charge in [0.1, 0.15) is 5.52 Å². The molecule has 0 spiro atoms. The lowest BCUT2D eigenvalue weighted by Crippen LogP contribution is -2.43. The summed E-state index contributed by atoms with van der Waals surface area (Å²) in [6.45, 7) is 1.94. The Morgan fingerprint density at radius 3 is 2.53 bits per heavy atom. The number of benzene rings is 3. The fourth-order valence-corrected chi connectivity index (χ4v) is 4.18. The Balaban J connectivity index is 1.25. The Labute approximate surface area is 187 Å². The van der Waals surface area contributed by atoms with Crippen LogP contribution in [0.4, 0.5) is 0 Å². The zero-order valence-electron chi connectivity index (χ0n) is 17.9. The van der Waals surface area contributed by atoms with Gasteiger partial charge in [0.05, 0.1) is 12.7 Å². The van der Waals surface area contributed by atoms with E-state index < -0.39 is 0 Å². The van der Waals surface area contributed by atoms with Crippen LogP contribution in [0, 0.1) is 0 Å². The van der Waals surface area contributed by atoms with Gasteiger partial charge in [0.2, 0.25) is 0 Å². The zero-order valence-corrected chi connectivity index (χ0v) is 17.9. The van der Waals surface area contributed by atoms with E-state index in [0.717, 1.165) is 36.0 Å². The van der Waals surface area contributed by atoms with Crippen molar-refractivity contribution in [1.29, 1.82) is 0 Å². The van der Waals surface area contributed by atoms with Gasteiger partial charge in [-0.2, -0.15) is 0 Å². The molecule has 1 fully saturated rings. The van der Waals surface area contributed by atoms with Crippen LogP contribution in [0.2, 0.25) is 0 Å². The minimum atomic E-state index is 0.0209. The number of carbonyl (C=O) groups is 1. The number of oxazole rings is 1. The monoisotopic (exact) mass is 426 g/mol. The van der Waals surface area contributed by atoms with Crippen LogP contribution in [0.5, 0.6) is 0 Å². The summed E-state index contributed by atoms with van der Waals surface area (Å²) in [5, 5.41) is 0. The molecule has 4 aromatic rings. The maximum absolute atomic E-state index is 13.2. The summed E-state index contributed by atoms with van der Waals surface area (Å²) in [6, 6.07) is 25.8. The first-order valence-electron chi connectivity index (χ1n) is 11.1. The van der Waals surface area contributed by atoms with Gasteiger partial charge in [0.15, 0.2) is 11.5 Å². The molecule has 0 radical (unpaired) electrons. The van der Waals surface area contributed by atoms with Crippen LogP contribution in [-0.2, 0) is 17.8 Å². The molecule has 2 heterocycles. The Hall–Kier alpha value is -3.44. The van der Waals surface area contributed by atoms with Crippen molar-refractivity contribution in [3.8, 4) is 0 Å². The molecule has 5 rings (SSSR count). The number of likely N-dealkylation sites (tertiary alicyclic amines) is 1. The first kappa shape index (κ1) is 20.5. The molecule has 5 heteroatoms. The number of hydrogen-bond acceptors (Lipinski definition) is 4. The number of hydrogen-bond donors (Lipinski definition) is 0. The van der Waals surface area contributed by atoms with Gasteiger partial charge >= 0.3 is 0 Å². The van der Waals surface area contributed by atoms with Crippen LogP contribution in [0.3, 0.4) is 0 Å². The quantitative estimate of drug-likeness (QED) is 0.423. The van der Waals surface area contributed by atoms with E-state index in [4.69, 9.17) is 9.15 Å². The molecule has 32 heavy (non-hydrogen) atoms. The second kappa shape index (κ2) is 9.37. The molecular formula is C27H26N2O3. The summed E-state index contributed by atoms with van der Waals surface area (Å²) in [5.41, 5.74) is 4.36. The Kier molecular flexibility index (Phi) is 5.99. The average Bonchev–Trinajstić information content (AvgIpc) is 3.25. The highest BCUT2D eigenvalue weighted by molar-refractivity contribution is 5.97. The molecule has 1 atom stereocenters. The third kappa shape index (κ3) is 4.73. The number of carbonyl (C=O) groups excluding carboxylic acids is 1. The molecule has 1 saturated heterocycles. The van der Waals surface area contributed by atoms with Gasteiger partial charge in [-0.15, -0.1) is 0 Å². The molecule has 1 amide bonds. The zero-order chi connectivity index (χ0) is 21.8. The Bertz CT molecular complexity index is 1190. The summed E-state index contributed by atoms with van der Waals surface area (Å²) in [4.78, 5) is 19.7. The third-order valence-electron chi connectivity index (χ3n) is 5.87. The summed E-state index contributed by atoms with van der Waals surface area (Å²) < 4.78 is 12.0. The molecule has 1 unspecified atom stereocenters. The van der Waals surface area contributed by atoms with Gasteiger partial charge in [-0.1, -0.05) is 60.7 Å². The SMILES string of the molecule is O=C(c1ccc2oc(Cc3ccccc3)nc2c1)N1CCCC(OCc2ccccc2)C1. The van der Waals surface area contributed by atoms with E-state index in [1.54, 1.807) is 0 Å². The molecular weight excluding hydrogens is 400 g/mol. The van der Waals surface area contributed by atoms with Crippen molar-refractivity contribution >= 4 is 17.0 Å². The van der Waals surface area contributed by atoms with Crippen molar-refractivity contribution < 1.29 is 13.9 Å². The topological polar surface area (TPSA) is 55.6 Å². The highest BCUT2D eigenvalue weighted by Gasteiger charge is 2.25. The summed E-state index contributed by atoms with van der Waals surface area (Å²) in [5.74, 6) is 0.677. The van der Waals surface area contributed by atoms with Gasteiger partial charge in [-0.3, -0.25) is 4.79 Å². The van der Waals surface area contributed by atoms with Crippen molar-refractivity contribution in [2.45, 2.75) is 32.0 Å². The van der Waals surface area contributed by atoms with E-state index in [9.17, 15) is 4.79 Å². The van der Waals surface area contributed by atoms with Gasteiger partial charge in [-0.05, 0) is 42.2 Å². The standard InChI is InChI=1S/C27H26N2O3/c30-27(29-15-7-12-23(18-29)31-19-21-10-5-2-6-11-21)22-13-14-25-24(17-22)28-26(32-25)16-20-8-3-1-4-9-20/h1-6,8-11,13-14,17,23H,7,12,15-16,18-19H2. The van der Waals surface area contributed by atoms with Crippen LogP contribution in [-0.4, -0.2) is 35.0 Å². The van der Waals surface area contributed by atoms with Crippen LogP contribution in [0.1, 0.15) is 40.2 Å². The summed E-state index contributed by atoms with van der Waals surface area (Å²) in [7, 11) is 0. The predicted octanol–water partition coefficient (Wildman–Crippen LogP) is 5.24. The van der Waals surface area contributed by atoms with Crippen LogP contribution in [0.25, 0.3) is 11.1 Å². The molecule has 0 saturated carbocycles. The van der Waals surface area contributed by atoms with Gasteiger partial charge in [0.25, 0.3) is 5.91 Å². The van der Waals surface area contributed by atoms with Gasteiger partial charge in [-0.25, -0.2) is 4.98 Å². The molecule has 1 aliphatic rings. The van der Waals surface area contributed by atoms with E-state index in [1.807, 2.05) is 59.5 Å². The lowest BCUT2D eigenvalue weighted by atomic mass is 10.1. The lowest BCUT2D eigenvalue weighted by molar-refractivity contribution is -0.00672. The fourth-order valence-electron chi connectivity index (χ4n) is 4.18. The van der Waals surface area contributed by atoms with Crippen LogP contribution < -0.4 is 0 Å². The number of amides is 1. The maximum Gasteiger partial charge on any atom is 0.254 e. The number of piperidine rings is 1. The molecule has 1 aliphatic heterocycles. The highest BCUT2D eigenvalue weighted by Crippen LogP contribution is 2.22. The first-order chi connectivity index (χ1) is 15.7. The van der Waals surface area contributed by atoms with E-state index >= 15 is 0 Å². The van der Waals surface area contributed by atoms with Gasteiger partial charge < -0.3 is 14.1 Å². The highest BCUT2D eigenvalue weighted by atomic mass is 16.5. The number of nitrogens with zero attached hydrogens (tertiary/aromatic N) is 2. The van der Waals surface area contributed by atoms with Crippen molar-refractivity contribution in [2.75, 3.05) is 13.1 Å². The van der Waals surface area contributed by atoms with E-state index in [2.05, 4.69) is 29.2 Å². The third-order valence-corrected chi connectivity index (χ3v) is 5.87. The summed E-state index contributed by atoms with van der Waals surface area (Å²) >= 11 is 0.